The third-order valence-corrected chi connectivity index (χ3v) is 2.43. The predicted molar refractivity (Wildman–Crippen MR) is 65.6 cm³/mol. The van der Waals surface area contributed by atoms with Gasteiger partial charge in [-0.2, -0.15) is 0 Å². The van der Waals surface area contributed by atoms with Gasteiger partial charge in [-0.05, 0) is 19.3 Å². The number of hydrogen-bond donors (Lipinski definition) is 2. The summed E-state index contributed by atoms with van der Waals surface area (Å²) in [5.74, 6) is 0.998. The summed E-state index contributed by atoms with van der Waals surface area (Å²) in [5, 5.41) is 13.6. The molecule has 0 amide bonds. The van der Waals surface area contributed by atoms with Gasteiger partial charge in [-0.25, -0.2) is 9.97 Å². The molecule has 1 heterocycles. The van der Waals surface area contributed by atoms with E-state index >= 15 is 0 Å². The molecule has 0 fully saturated rings. The Balaban J connectivity index is 2.54. The molecular formula is C11H18ClN3O. The van der Waals surface area contributed by atoms with Crippen molar-refractivity contribution in [2.45, 2.75) is 32.8 Å². The van der Waals surface area contributed by atoms with Crippen molar-refractivity contribution in [3.05, 3.63) is 17.5 Å². The van der Waals surface area contributed by atoms with E-state index in [4.69, 9.17) is 11.6 Å². The molecule has 0 radical (unpaired) electrons. The van der Waals surface area contributed by atoms with Crippen LogP contribution in [-0.4, -0.2) is 27.2 Å². The van der Waals surface area contributed by atoms with Crippen LogP contribution in [0.1, 0.15) is 27.2 Å². The van der Waals surface area contributed by atoms with Gasteiger partial charge in [-0.1, -0.05) is 25.4 Å². The number of halogens is 1. The van der Waals surface area contributed by atoms with Gasteiger partial charge in [0.25, 0.3) is 0 Å². The fourth-order valence-corrected chi connectivity index (χ4v) is 1.84. The van der Waals surface area contributed by atoms with Gasteiger partial charge in [0.2, 0.25) is 0 Å². The maximum Gasteiger partial charge on any atom is 0.148 e. The first kappa shape index (κ1) is 13.2. The second-order valence-corrected chi connectivity index (χ2v) is 5.07. The highest BCUT2D eigenvalue weighted by Gasteiger charge is 2.21. The molecule has 0 spiro atoms. The summed E-state index contributed by atoms with van der Waals surface area (Å²) in [7, 11) is 0. The van der Waals surface area contributed by atoms with E-state index in [1.165, 1.54) is 12.5 Å². The minimum Gasteiger partial charge on any atom is -0.388 e. The predicted octanol–water partition coefficient (Wildman–Crippen LogP) is 2.34. The van der Waals surface area contributed by atoms with Crippen LogP contribution in [0.3, 0.4) is 0 Å². The van der Waals surface area contributed by atoms with Crippen molar-refractivity contribution >= 4 is 17.4 Å². The zero-order valence-corrected chi connectivity index (χ0v) is 10.6. The van der Waals surface area contributed by atoms with Gasteiger partial charge >= 0.3 is 0 Å². The van der Waals surface area contributed by atoms with Gasteiger partial charge in [0.1, 0.15) is 17.2 Å². The van der Waals surface area contributed by atoms with Crippen LogP contribution in [0.4, 0.5) is 5.82 Å². The summed E-state index contributed by atoms with van der Waals surface area (Å²) < 4.78 is 0. The summed E-state index contributed by atoms with van der Waals surface area (Å²) in [6.07, 6.45) is 3.67. The minimum absolute atomic E-state index is 0.419. The summed E-state index contributed by atoms with van der Waals surface area (Å²) in [6, 6.07) is 0. The molecule has 5 heteroatoms. The second kappa shape index (κ2) is 5.46. The van der Waals surface area contributed by atoms with Crippen LogP contribution in [-0.2, 0) is 0 Å². The number of hydrogen-bond acceptors (Lipinski definition) is 4. The lowest BCUT2D eigenvalue weighted by Gasteiger charge is -2.25. The molecule has 2 N–H and O–H groups in total. The smallest absolute Gasteiger partial charge is 0.148 e. The van der Waals surface area contributed by atoms with Crippen molar-refractivity contribution in [3.8, 4) is 0 Å². The summed E-state index contributed by atoms with van der Waals surface area (Å²) >= 11 is 5.89. The van der Waals surface area contributed by atoms with E-state index in [9.17, 15) is 5.11 Å². The van der Waals surface area contributed by atoms with Crippen LogP contribution in [0.25, 0.3) is 0 Å². The Hall–Kier alpha value is -0.870. The fourth-order valence-electron chi connectivity index (χ4n) is 1.67. The SMILES string of the molecule is CC(C)CC(C)(O)CNc1ncncc1Cl. The molecule has 16 heavy (non-hydrogen) atoms. The quantitative estimate of drug-likeness (QED) is 0.834. The number of nitrogens with zero attached hydrogens (tertiary/aromatic N) is 2. The van der Waals surface area contributed by atoms with E-state index in [0.29, 0.717) is 23.3 Å². The van der Waals surface area contributed by atoms with Crippen molar-refractivity contribution in [1.82, 2.24) is 9.97 Å². The van der Waals surface area contributed by atoms with E-state index in [-0.39, 0.29) is 0 Å². The van der Waals surface area contributed by atoms with Crippen LogP contribution >= 0.6 is 11.6 Å². The Morgan fingerprint density at radius 3 is 2.81 bits per heavy atom. The normalized spacial score (nSPS) is 14.9. The minimum atomic E-state index is -0.761. The lowest BCUT2D eigenvalue weighted by atomic mass is 9.94. The van der Waals surface area contributed by atoms with E-state index in [2.05, 4.69) is 29.1 Å². The zero-order valence-electron chi connectivity index (χ0n) is 9.87. The molecule has 0 saturated heterocycles. The van der Waals surface area contributed by atoms with Gasteiger partial charge in [0.15, 0.2) is 0 Å². The van der Waals surface area contributed by atoms with Crippen molar-refractivity contribution < 1.29 is 5.11 Å². The maximum absolute atomic E-state index is 10.1. The molecule has 1 aromatic rings. The first-order valence-electron chi connectivity index (χ1n) is 5.32. The average Bonchev–Trinajstić information content (AvgIpc) is 2.14. The molecule has 0 aromatic carbocycles. The highest BCUT2D eigenvalue weighted by Crippen LogP contribution is 2.20. The first-order valence-corrected chi connectivity index (χ1v) is 5.70. The first-order chi connectivity index (χ1) is 7.41. The lowest BCUT2D eigenvalue weighted by Crippen LogP contribution is -2.35. The van der Waals surface area contributed by atoms with Crippen LogP contribution in [0, 0.1) is 5.92 Å². The van der Waals surface area contributed by atoms with Crippen molar-refractivity contribution in [2.24, 2.45) is 5.92 Å². The van der Waals surface area contributed by atoms with E-state index < -0.39 is 5.60 Å². The number of anilines is 1. The molecule has 0 bridgehead atoms. The third kappa shape index (κ3) is 4.33. The molecule has 1 atom stereocenters. The van der Waals surface area contributed by atoms with E-state index in [1.54, 1.807) is 6.92 Å². The highest BCUT2D eigenvalue weighted by molar-refractivity contribution is 6.32. The van der Waals surface area contributed by atoms with Crippen LogP contribution in [0.5, 0.6) is 0 Å². The molecule has 1 aromatic heterocycles. The molecule has 1 rings (SSSR count). The molecule has 0 aliphatic carbocycles. The maximum atomic E-state index is 10.1. The Kier molecular flexibility index (Phi) is 4.50. The lowest BCUT2D eigenvalue weighted by molar-refractivity contribution is 0.0515. The zero-order chi connectivity index (χ0) is 12.2. The average molecular weight is 244 g/mol. The third-order valence-electron chi connectivity index (χ3n) is 2.15. The Labute approximate surface area is 101 Å². The Bertz CT molecular complexity index is 342. The largest absolute Gasteiger partial charge is 0.388 e. The van der Waals surface area contributed by atoms with Gasteiger partial charge < -0.3 is 10.4 Å². The van der Waals surface area contributed by atoms with Crippen LogP contribution in [0.2, 0.25) is 5.02 Å². The number of aromatic nitrogens is 2. The van der Waals surface area contributed by atoms with Crippen LogP contribution < -0.4 is 5.32 Å². The standard InChI is InChI=1S/C11H18ClN3O/c1-8(2)4-11(3,16)6-14-10-9(12)5-13-7-15-10/h5,7-8,16H,4,6H2,1-3H3,(H,13,14,15). The Morgan fingerprint density at radius 2 is 2.25 bits per heavy atom. The van der Waals surface area contributed by atoms with Crippen LogP contribution in [0.15, 0.2) is 12.5 Å². The topological polar surface area (TPSA) is 58.0 Å². The van der Waals surface area contributed by atoms with Crippen molar-refractivity contribution in [3.63, 3.8) is 0 Å². The molecule has 4 nitrogen and oxygen atoms in total. The molecule has 1 unspecified atom stereocenters. The summed E-state index contributed by atoms with van der Waals surface area (Å²) in [4.78, 5) is 7.79. The van der Waals surface area contributed by atoms with Gasteiger partial charge in [0.05, 0.1) is 11.8 Å². The highest BCUT2D eigenvalue weighted by atomic mass is 35.5. The van der Waals surface area contributed by atoms with Gasteiger partial charge in [0, 0.05) is 6.54 Å². The molecule has 0 aliphatic rings. The molecule has 0 aliphatic heterocycles. The summed E-state index contributed by atoms with van der Waals surface area (Å²) in [6.45, 7) is 6.37. The number of aliphatic hydroxyl groups is 1. The number of nitrogens with one attached hydrogen (secondary N) is 1. The number of rotatable bonds is 5. The Morgan fingerprint density at radius 1 is 1.56 bits per heavy atom. The molecule has 0 saturated carbocycles. The van der Waals surface area contributed by atoms with Gasteiger partial charge in [-0.15, -0.1) is 0 Å². The van der Waals surface area contributed by atoms with E-state index in [1.807, 2.05) is 0 Å². The van der Waals surface area contributed by atoms with Crippen molar-refractivity contribution in [2.75, 3.05) is 11.9 Å². The monoisotopic (exact) mass is 243 g/mol. The molecular weight excluding hydrogens is 226 g/mol. The summed E-state index contributed by atoms with van der Waals surface area (Å²) in [5.41, 5.74) is -0.761. The van der Waals surface area contributed by atoms with Crippen molar-refractivity contribution in [1.29, 1.82) is 0 Å². The second-order valence-electron chi connectivity index (χ2n) is 4.67. The van der Waals surface area contributed by atoms with Gasteiger partial charge in [-0.3, -0.25) is 0 Å². The fraction of sp³-hybridized carbons (Fsp3) is 0.636. The molecule has 90 valence electrons. The van der Waals surface area contributed by atoms with E-state index in [0.717, 1.165) is 6.42 Å².